The molecule has 0 amide bonds. The standard InChI is InChI=1S/C11H8N6/c1-17-10-4-7(5-12)2-3-8(10)14-11(17)9-6-13-16-15-9/h2-4,6H,1H3,(H,13,15,16). The van der Waals surface area contributed by atoms with Crippen molar-refractivity contribution in [1.82, 2.24) is 25.0 Å². The highest BCUT2D eigenvalue weighted by molar-refractivity contribution is 5.81. The summed E-state index contributed by atoms with van der Waals surface area (Å²) in [6.07, 6.45) is 1.62. The number of nitrogens with one attached hydrogen (secondary N) is 1. The lowest BCUT2D eigenvalue weighted by atomic mass is 10.2. The van der Waals surface area contributed by atoms with Crippen molar-refractivity contribution < 1.29 is 0 Å². The highest BCUT2D eigenvalue weighted by atomic mass is 15.3. The Morgan fingerprint density at radius 2 is 2.29 bits per heavy atom. The van der Waals surface area contributed by atoms with E-state index in [4.69, 9.17) is 5.26 Å². The van der Waals surface area contributed by atoms with Crippen LogP contribution < -0.4 is 0 Å². The average molecular weight is 224 g/mol. The molecule has 6 heteroatoms. The summed E-state index contributed by atoms with van der Waals surface area (Å²) >= 11 is 0. The molecule has 1 N–H and O–H groups in total. The zero-order chi connectivity index (χ0) is 11.8. The van der Waals surface area contributed by atoms with Crippen LogP contribution in [-0.2, 0) is 7.05 Å². The monoisotopic (exact) mass is 224 g/mol. The molecule has 1 aromatic carbocycles. The van der Waals surface area contributed by atoms with E-state index in [2.05, 4.69) is 26.5 Å². The summed E-state index contributed by atoms with van der Waals surface area (Å²) in [5, 5.41) is 19.2. The number of benzene rings is 1. The van der Waals surface area contributed by atoms with Gasteiger partial charge in [-0.3, -0.25) is 0 Å². The van der Waals surface area contributed by atoms with Gasteiger partial charge in [-0.25, -0.2) is 4.98 Å². The Hall–Kier alpha value is -2.68. The fourth-order valence-electron chi connectivity index (χ4n) is 1.80. The number of hydrogen-bond acceptors (Lipinski definition) is 4. The van der Waals surface area contributed by atoms with Gasteiger partial charge >= 0.3 is 0 Å². The average Bonchev–Trinajstić information content (AvgIpc) is 2.97. The highest BCUT2D eigenvalue weighted by Crippen LogP contribution is 2.22. The minimum atomic E-state index is 0.618. The number of aromatic amines is 1. The predicted molar refractivity (Wildman–Crippen MR) is 60.8 cm³/mol. The summed E-state index contributed by atoms with van der Waals surface area (Å²) in [6.45, 7) is 0. The van der Waals surface area contributed by atoms with Gasteiger partial charge in [-0.1, -0.05) is 0 Å². The minimum absolute atomic E-state index is 0.618. The van der Waals surface area contributed by atoms with Crippen LogP contribution in [-0.4, -0.2) is 25.0 Å². The topological polar surface area (TPSA) is 83.2 Å². The number of nitrogens with zero attached hydrogens (tertiary/aromatic N) is 5. The van der Waals surface area contributed by atoms with E-state index in [1.54, 1.807) is 12.3 Å². The van der Waals surface area contributed by atoms with Crippen LogP contribution in [0.3, 0.4) is 0 Å². The molecule has 0 aliphatic heterocycles. The smallest absolute Gasteiger partial charge is 0.163 e. The Kier molecular flexibility index (Phi) is 1.92. The molecule has 2 heterocycles. The molecule has 0 bridgehead atoms. The van der Waals surface area contributed by atoms with E-state index < -0.39 is 0 Å². The normalized spacial score (nSPS) is 10.6. The van der Waals surface area contributed by atoms with Gasteiger partial charge in [0.25, 0.3) is 0 Å². The summed E-state index contributed by atoms with van der Waals surface area (Å²) in [7, 11) is 1.89. The molecular weight excluding hydrogens is 216 g/mol. The van der Waals surface area contributed by atoms with Crippen LogP contribution in [0.1, 0.15) is 5.56 Å². The Morgan fingerprint density at radius 1 is 1.41 bits per heavy atom. The number of nitriles is 1. The Morgan fingerprint density at radius 3 is 3.00 bits per heavy atom. The second kappa shape index (κ2) is 3.42. The molecule has 0 atom stereocenters. The van der Waals surface area contributed by atoms with E-state index in [9.17, 15) is 0 Å². The summed E-state index contributed by atoms with van der Waals surface area (Å²) in [6, 6.07) is 7.51. The Bertz CT molecular complexity index is 716. The third-order valence-corrected chi connectivity index (χ3v) is 2.65. The van der Waals surface area contributed by atoms with Gasteiger partial charge in [-0.2, -0.15) is 20.7 Å². The van der Waals surface area contributed by atoms with Crippen molar-refractivity contribution in [2.45, 2.75) is 0 Å². The van der Waals surface area contributed by atoms with Gasteiger partial charge in [0.05, 0.1) is 28.9 Å². The first kappa shape index (κ1) is 9.54. The minimum Gasteiger partial charge on any atom is -0.326 e. The van der Waals surface area contributed by atoms with E-state index in [0.29, 0.717) is 11.3 Å². The summed E-state index contributed by atoms with van der Waals surface area (Å²) in [5.41, 5.74) is 3.04. The summed E-state index contributed by atoms with van der Waals surface area (Å²) in [5.74, 6) is 0.726. The molecule has 0 saturated heterocycles. The second-order valence-corrected chi connectivity index (χ2v) is 3.66. The van der Waals surface area contributed by atoms with Crippen molar-refractivity contribution in [3.8, 4) is 17.6 Å². The van der Waals surface area contributed by atoms with Gasteiger partial charge in [0.2, 0.25) is 0 Å². The molecule has 17 heavy (non-hydrogen) atoms. The lowest BCUT2D eigenvalue weighted by Gasteiger charge is -1.97. The quantitative estimate of drug-likeness (QED) is 0.673. The number of aryl methyl sites for hydroxylation is 1. The van der Waals surface area contributed by atoms with Crippen LogP contribution in [0.2, 0.25) is 0 Å². The van der Waals surface area contributed by atoms with Crippen LogP contribution >= 0.6 is 0 Å². The molecule has 3 aromatic rings. The van der Waals surface area contributed by atoms with Crippen LogP contribution in [0.4, 0.5) is 0 Å². The van der Waals surface area contributed by atoms with E-state index in [1.807, 2.05) is 23.7 Å². The van der Waals surface area contributed by atoms with Crippen molar-refractivity contribution in [3.63, 3.8) is 0 Å². The predicted octanol–water partition coefficient (Wildman–Crippen LogP) is 1.23. The van der Waals surface area contributed by atoms with Gasteiger partial charge in [0.15, 0.2) is 5.82 Å². The molecule has 0 radical (unpaired) electrons. The molecule has 82 valence electrons. The van der Waals surface area contributed by atoms with Crippen molar-refractivity contribution >= 4 is 11.0 Å². The number of hydrogen-bond donors (Lipinski definition) is 1. The van der Waals surface area contributed by atoms with Gasteiger partial charge in [0.1, 0.15) is 5.69 Å². The lowest BCUT2D eigenvalue weighted by molar-refractivity contribution is 0.919. The fraction of sp³-hybridized carbons (Fsp3) is 0.0909. The first-order valence-electron chi connectivity index (χ1n) is 5.02. The molecule has 3 rings (SSSR count). The number of aromatic nitrogens is 5. The highest BCUT2D eigenvalue weighted by Gasteiger charge is 2.12. The molecule has 6 nitrogen and oxygen atoms in total. The zero-order valence-electron chi connectivity index (χ0n) is 9.05. The molecule has 2 aromatic heterocycles. The molecule has 0 spiro atoms. The zero-order valence-corrected chi connectivity index (χ0v) is 9.05. The molecule has 0 aliphatic rings. The van der Waals surface area contributed by atoms with Crippen LogP contribution in [0.25, 0.3) is 22.6 Å². The van der Waals surface area contributed by atoms with Gasteiger partial charge in [0, 0.05) is 7.05 Å². The van der Waals surface area contributed by atoms with Gasteiger partial charge in [-0.15, -0.1) is 0 Å². The number of fused-ring (bicyclic) bond motifs is 1. The van der Waals surface area contributed by atoms with Crippen LogP contribution in [0, 0.1) is 11.3 Å². The second-order valence-electron chi connectivity index (χ2n) is 3.66. The Labute approximate surface area is 96.5 Å². The first-order valence-corrected chi connectivity index (χ1v) is 5.02. The van der Waals surface area contributed by atoms with E-state index in [1.165, 1.54) is 0 Å². The van der Waals surface area contributed by atoms with Gasteiger partial charge in [-0.05, 0) is 18.2 Å². The first-order chi connectivity index (χ1) is 8.29. The maximum absolute atomic E-state index is 8.87. The molecule has 0 aliphatic carbocycles. The van der Waals surface area contributed by atoms with E-state index in [0.717, 1.165) is 16.9 Å². The maximum Gasteiger partial charge on any atom is 0.163 e. The summed E-state index contributed by atoms with van der Waals surface area (Å²) in [4.78, 5) is 4.46. The third kappa shape index (κ3) is 1.37. The van der Waals surface area contributed by atoms with E-state index >= 15 is 0 Å². The van der Waals surface area contributed by atoms with Crippen molar-refractivity contribution in [3.05, 3.63) is 30.0 Å². The number of rotatable bonds is 1. The summed E-state index contributed by atoms with van der Waals surface area (Å²) < 4.78 is 1.90. The maximum atomic E-state index is 8.87. The number of H-pyrrole nitrogens is 1. The molecule has 0 fully saturated rings. The number of imidazole rings is 1. The van der Waals surface area contributed by atoms with Crippen molar-refractivity contribution in [2.75, 3.05) is 0 Å². The lowest BCUT2D eigenvalue weighted by Crippen LogP contribution is -1.92. The van der Waals surface area contributed by atoms with Crippen LogP contribution in [0.15, 0.2) is 24.4 Å². The largest absolute Gasteiger partial charge is 0.326 e. The SMILES string of the molecule is Cn1c(-c2cn[nH]n2)nc2ccc(C#N)cc21. The Balaban J connectivity index is 2.30. The van der Waals surface area contributed by atoms with E-state index in [-0.39, 0.29) is 0 Å². The molecule has 0 saturated carbocycles. The fourth-order valence-corrected chi connectivity index (χ4v) is 1.80. The molecule has 0 unspecified atom stereocenters. The van der Waals surface area contributed by atoms with Gasteiger partial charge < -0.3 is 4.57 Å². The van der Waals surface area contributed by atoms with Crippen LogP contribution in [0.5, 0.6) is 0 Å². The van der Waals surface area contributed by atoms with Crippen molar-refractivity contribution in [1.29, 1.82) is 5.26 Å². The van der Waals surface area contributed by atoms with Crippen molar-refractivity contribution in [2.24, 2.45) is 7.05 Å². The third-order valence-electron chi connectivity index (χ3n) is 2.65. The molecular formula is C11H8N6.